The van der Waals surface area contributed by atoms with Crippen molar-refractivity contribution in [2.75, 3.05) is 0 Å². The molecule has 1 aliphatic carbocycles. The molecule has 0 radical (unpaired) electrons. The molecule has 0 bridgehead atoms. The van der Waals surface area contributed by atoms with Crippen LogP contribution in [0.1, 0.15) is 40.0 Å². The van der Waals surface area contributed by atoms with E-state index in [0.29, 0.717) is 6.42 Å². The zero-order valence-corrected chi connectivity index (χ0v) is 8.02. The molecular weight excluding hydrogens is 152 g/mol. The van der Waals surface area contributed by atoms with Crippen LogP contribution in [-0.2, 0) is 9.59 Å². The van der Waals surface area contributed by atoms with Crippen LogP contribution in [0, 0.1) is 11.3 Å². The molecule has 0 heterocycles. The van der Waals surface area contributed by atoms with E-state index >= 15 is 0 Å². The molecule has 1 fully saturated rings. The molecule has 0 amide bonds. The number of hydrogen-bond acceptors (Lipinski definition) is 2. The van der Waals surface area contributed by atoms with E-state index < -0.39 is 0 Å². The van der Waals surface area contributed by atoms with Crippen molar-refractivity contribution >= 4 is 11.6 Å². The molecule has 0 saturated heterocycles. The molecule has 1 atom stereocenters. The number of hydrogen-bond donors (Lipinski definition) is 0. The third kappa shape index (κ3) is 1.93. The summed E-state index contributed by atoms with van der Waals surface area (Å²) in [7, 11) is 0. The minimum absolute atomic E-state index is 0.0719. The lowest BCUT2D eigenvalue weighted by Gasteiger charge is -2.00. The van der Waals surface area contributed by atoms with Crippen molar-refractivity contribution in [3.63, 3.8) is 0 Å². The molecule has 2 heteroatoms. The second-order valence-corrected chi connectivity index (χ2v) is 4.28. The number of ketones is 2. The van der Waals surface area contributed by atoms with Crippen LogP contribution in [0.15, 0.2) is 0 Å². The first-order valence-electron chi connectivity index (χ1n) is 4.52. The predicted molar refractivity (Wildman–Crippen MR) is 46.8 cm³/mol. The van der Waals surface area contributed by atoms with Crippen LogP contribution in [0.5, 0.6) is 0 Å². The summed E-state index contributed by atoms with van der Waals surface area (Å²) >= 11 is 0. The molecule has 1 rings (SSSR count). The van der Waals surface area contributed by atoms with Crippen LogP contribution in [0.3, 0.4) is 0 Å². The maximum Gasteiger partial charge on any atom is 0.143 e. The van der Waals surface area contributed by atoms with Crippen molar-refractivity contribution in [1.82, 2.24) is 0 Å². The molecule has 0 aromatic carbocycles. The van der Waals surface area contributed by atoms with Crippen molar-refractivity contribution in [3.8, 4) is 0 Å². The monoisotopic (exact) mass is 168 g/mol. The van der Waals surface area contributed by atoms with E-state index in [9.17, 15) is 9.59 Å². The van der Waals surface area contributed by atoms with Crippen molar-refractivity contribution < 1.29 is 9.59 Å². The Morgan fingerprint density at radius 1 is 1.42 bits per heavy atom. The van der Waals surface area contributed by atoms with Crippen LogP contribution >= 0.6 is 0 Å². The molecule has 0 spiro atoms. The van der Waals surface area contributed by atoms with E-state index in [1.807, 2.05) is 0 Å². The zero-order valence-electron chi connectivity index (χ0n) is 8.02. The van der Waals surface area contributed by atoms with Crippen molar-refractivity contribution in [2.24, 2.45) is 11.3 Å². The highest BCUT2D eigenvalue weighted by Crippen LogP contribution is 2.52. The van der Waals surface area contributed by atoms with Gasteiger partial charge in [0.25, 0.3) is 0 Å². The number of Topliss-reactive ketones (excluding diaryl/α,β-unsaturated/α-hetero) is 2. The lowest BCUT2D eigenvalue weighted by atomic mass is 10.0. The second kappa shape index (κ2) is 3.00. The Balaban J connectivity index is 2.37. The quantitative estimate of drug-likeness (QED) is 0.601. The van der Waals surface area contributed by atoms with E-state index in [1.165, 1.54) is 0 Å². The number of carbonyl (C=O) groups is 2. The Morgan fingerprint density at radius 3 is 2.25 bits per heavy atom. The van der Waals surface area contributed by atoms with Gasteiger partial charge in [-0.05, 0) is 11.8 Å². The summed E-state index contributed by atoms with van der Waals surface area (Å²) < 4.78 is 0. The molecule has 68 valence electrons. The van der Waals surface area contributed by atoms with Crippen LogP contribution in [0.25, 0.3) is 0 Å². The van der Waals surface area contributed by atoms with Crippen molar-refractivity contribution in [1.29, 1.82) is 0 Å². The van der Waals surface area contributed by atoms with Gasteiger partial charge >= 0.3 is 0 Å². The minimum atomic E-state index is 0.0719. The largest absolute Gasteiger partial charge is 0.299 e. The van der Waals surface area contributed by atoms with E-state index in [2.05, 4.69) is 13.8 Å². The molecule has 2 nitrogen and oxygen atoms in total. The fourth-order valence-electron chi connectivity index (χ4n) is 1.46. The maximum absolute atomic E-state index is 11.4. The highest BCUT2D eigenvalue weighted by Gasteiger charge is 2.50. The third-order valence-electron chi connectivity index (χ3n) is 2.67. The fourth-order valence-corrected chi connectivity index (χ4v) is 1.46. The first-order chi connectivity index (χ1) is 5.47. The van der Waals surface area contributed by atoms with Gasteiger partial charge in [-0.1, -0.05) is 20.8 Å². The molecule has 12 heavy (non-hydrogen) atoms. The molecular formula is C10H16O2. The summed E-state index contributed by atoms with van der Waals surface area (Å²) in [6, 6.07) is 0. The van der Waals surface area contributed by atoms with Gasteiger partial charge < -0.3 is 0 Å². The third-order valence-corrected chi connectivity index (χ3v) is 2.67. The van der Waals surface area contributed by atoms with Gasteiger partial charge in [0.05, 0.1) is 6.42 Å². The molecule has 1 unspecified atom stereocenters. The van der Waals surface area contributed by atoms with Crippen LogP contribution in [0.4, 0.5) is 0 Å². The lowest BCUT2D eigenvalue weighted by Crippen LogP contribution is -2.11. The van der Waals surface area contributed by atoms with Gasteiger partial charge in [-0.25, -0.2) is 0 Å². The molecule has 0 aromatic heterocycles. The van der Waals surface area contributed by atoms with Crippen LogP contribution < -0.4 is 0 Å². The Kier molecular flexibility index (Phi) is 2.36. The van der Waals surface area contributed by atoms with Gasteiger partial charge in [0.15, 0.2) is 0 Å². The van der Waals surface area contributed by atoms with Crippen molar-refractivity contribution in [2.45, 2.75) is 40.0 Å². The Hall–Kier alpha value is -0.660. The standard InChI is InChI=1S/C10H16O2/c1-4-7(11)5-9(12)8-6-10(8,2)3/h8H,4-6H2,1-3H3. The fraction of sp³-hybridized carbons (Fsp3) is 0.800. The Bertz CT molecular complexity index is 216. The average Bonchev–Trinajstić information content (AvgIpc) is 2.59. The maximum atomic E-state index is 11.4. The van der Waals surface area contributed by atoms with Gasteiger partial charge in [0.2, 0.25) is 0 Å². The predicted octanol–water partition coefficient (Wildman–Crippen LogP) is 1.97. The van der Waals surface area contributed by atoms with E-state index in [1.54, 1.807) is 6.92 Å². The number of carbonyl (C=O) groups excluding carboxylic acids is 2. The van der Waals surface area contributed by atoms with Gasteiger partial charge in [0, 0.05) is 12.3 Å². The normalized spacial score (nSPS) is 25.1. The van der Waals surface area contributed by atoms with Crippen molar-refractivity contribution in [3.05, 3.63) is 0 Å². The van der Waals surface area contributed by atoms with Crippen LogP contribution in [0.2, 0.25) is 0 Å². The molecule has 1 saturated carbocycles. The summed E-state index contributed by atoms with van der Waals surface area (Å²) in [4.78, 5) is 22.3. The molecule has 0 aliphatic heterocycles. The summed E-state index contributed by atoms with van der Waals surface area (Å²) in [5, 5.41) is 0. The van der Waals surface area contributed by atoms with E-state index in [4.69, 9.17) is 0 Å². The topological polar surface area (TPSA) is 34.1 Å². The Labute approximate surface area is 73.3 Å². The van der Waals surface area contributed by atoms with E-state index in [0.717, 1.165) is 6.42 Å². The average molecular weight is 168 g/mol. The van der Waals surface area contributed by atoms with Gasteiger partial charge in [0.1, 0.15) is 11.6 Å². The summed E-state index contributed by atoms with van der Waals surface area (Å²) in [5.74, 6) is 0.377. The second-order valence-electron chi connectivity index (χ2n) is 4.28. The first kappa shape index (κ1) is 9.43. The zero-order chi connectivity index (χ0) is 9.35. The number of rotatable bonds is 4. The SMILES string of the molecule is CCC(=O)CC(=O)C1CC1(C)C. The minimum Gasteiger partial charge on any atom is -0.299 e. The van der Waals surface area contributed by atoms with Crippen LogP contribution in [-0.4, -0.2) is 11.6 Å². The summed E-state index contributed by atoms with van der Waals surface area (Å²) in [6.45, 7) is 5.95. The van der Waals surface area contributed by atoms with E-state index in [-0.39, 0.29) is 29.3 Å². The van der Waals surface area contributed by atoms with Gasteiger partial charge in [-0.2, -0.15) is 0 Å². The molecule has 1 aliphatic rings. The summed E-state index contributed by atoms with van der Waals surface area (Å²) in [6.07, 6.45) is 1.60. The van der Waals surface area contributed by atoms with Gasteiger partial charge in [-0.15, -0.1) is 0 Å². The highest BCUT2D eigenvalue weighted by atomic mass is 16.1. The lowest BCUT2D eigenvalue weighted by molar-refractivity contribution is -0.127. The summed E-state index contributed by atoms with van der Waals surface area (Å²) in [5.41, 5.74) is 0.172. The molecule has 0 aromatic rings. The smallest absolute Gasteiger partial charge is 0.143 e. The Morgan fingerprint density at radius 2 is 1.92 bits per heavy atom. The highest BCUT2D eigenvalue weighted by molar-refractivity contribution is 6.01. The first-order valence-corrected chi connectivity index (χ1v) is 4.52. The molecule has 0 N–H and O–H groups in total. The van der Waals surface area contributed by atoms with Gasteiger partial charge in [-0.3, -0.25) is 9.59 Å².